The zero-order valence-corrected chi connectivity index (χ0v) is 15.9. The molecular formula is C22H17N3O4. The van der Waals surface area contributed by atoms with Crippen molar-refractivity contribution in [3.05, 3.63) is 65.4 Å². The fourth-order valence-electron chi connectivity index (χ4n) is 3.32. The van der Waals surface area contributed by atoms with Crippen LogP contribution in [-0.4, -0.2) is 22.8 Å². The summed E-state index contributed by atoms with van der Waals surface area (Å²) in [6.07, 6.45) is 0. The molecular weight excluding hydrogens is 370 g/mol. The van der Waals surface area contributed by atoms with Crippen LogP contribution in [0.15, 0.2) is 53.1 Å². The van der Waals surface area contributed by atoms with Gasteiger partial charge in [-0.25, -0.2) is 4.98 Å². The summed E-state index contributed by atoms with van der Waals surface area (Å²) in [5.41, 5.74) is 4.67. The Balaban J connectivity index is 1.56. The van der Waals surface area contributed by atoms with Gasteiger partial charge >= 0.3 is 0 Å². The minimum absolute atomic E-state index is 0.178. The Morgan fingerprint density at radius 1 is 1.00 bits per heavy atom. The Morgan fingerprint density at radius 2 is 1.79 bits per heavy atom. The van der Waals surface area contributed by atoms with E-state index in [2.05, 4.69) is 15.5 Å². The van der Waals surface area contributed by atoms with Gasteiger partial charge in [-0.2, -0.15) is 0 Å². The van der Waals surface area contributed by atoms with E-state index in [1.165, 1.54) is 0 Å². The highest BCUT2D eigenvalue weighted by atomic mass is 16.7. The van der Waals surface area contributed by atoms with Crippen molar-refractivity contribution in [2.24, 2.45) is 0 Å². The van der Waals surface area contributed by atoms with E-state index in [4.69, 9.17) is 14.0 Å². The molecule has 0 saturated carbocycles. The number of pyridine rings is 1. The van der Waals surface area contributed by atoms with Gasteiger partial charge in [0, 0.05) is 17.3 Å². The van der Waals surface area contributed by atoms with Gasteiger partial charge in [0.2, 0.25) is 6.79 Å². The van der Waals surface area contributed by atoms with Crippen molar-refractivity contribution >= 4 is 22.7 Å². The second-order valence-electron chi connectivity index (χ2n) is 6.89. The van der Waals surface area contributed by atoms with E-state index in [9.17, 15) is 4.79 Å². The average Bonchev–Trinajstić information content (AvgIpc) is 3.34. The lowest BCUT2D eigenvalue weighted by Crippen LogP contribution is -2.13. The number of aromatic nitrogens is 2. The summed E-state index contributed by atoms with van der Waals surface area (Å²) in [6.45, 7) is 3.98. The van der Waals surface area contributed by atoms with E-state index in [1.807, 2.05) is 31.2 Å². The van der Waals surface area contributed by atoms with Crippen LogP contribution in [0.25, 0.3) is 22.4 Å². The number of aryl methyl sites for hydroxylation is 2. The standard InChI is InChI=1S/C22H17N3O4/c1-12-3-5-14(6-4-12)17-10-16(20-13(2)25-29-22(20)24-17)21(26)23-15-7-8-18-19(9-15)28-11-27-18/h3-10H,11H2,1-2H3,(H,23,26). The lowest BCUT2D eigenvalue weighted by atomic mass is 10.0. The van der Waals surface area contributed by atoms with Gasteiger partial charge in [-0.3, -0.25) is 4.79 Å². The fourth-order valence-corrected chi connectivity index (χ4v) is 3.32. The first kappa shape index (κ1) is 17.2. The van der Waals surface area contributed by atoms with E-state index < -0.39 is 0 Å². The second kappa shape index (κ2) is 6.63. The molecule has 4 aromatic rings. The van der Waals surface area contributed by atoms with Gasteiger partial charge < -0.3 is 19.3 Å². The highest BCUT2D eigenvalue weighted by Gasteiger charge is 2.20. The first-order chi connectivity index (χ1) is 14.1. The third-order valence-corrected chi connectivity index (χ3v) is 4.84. The van der Waals surface area contributed by atoms with E-state index in [0.29, 0.717) is 45.2 Å². The van der Waals surface area contributed by atoms with Crippen LogP contribution in [0.5, 0.6) is 11.5 Å². The summed E-state index contributed by atoms with van der Waals surface area (Å²) in [7, 11) is 0. The van der Waals surface area contributed by atoms with Crippen molar-refractivity contribution in [3.8, 4) is 22.8 Å². The zero-order valence-electron chi connectivity index (χ0n) is 15.9. The maximum absolute atomic E-state index is 13.1. The summed E-state index contributed by atoms with van der Waals surface area (Å²) < 4.78 is 16.1. The van der Waals surface area contributed by atoms with Crippen LogP contribution in [0.2, 0.25) is 0 Å². The molecule has 7 nitrogen and oxygen atoms in total. The Hall–Kier alpha value is -3.87. The van der Waals surface area contributed by atoms with Crippen LogP contribution in [0.1, 0.15) is 21.6 Å². The molecule has 0 saturated heterocycles. The van der Waals surface area contributed by atoms with Crippen molar-refractivity contribution in [2.75, 3.05) is 12.1 Å². The van der Waals surface area contributed by atoms with E-state index >= 15 is 0 Å². The predicted octanol–water partition coefficient (Wildman–Crippen LogP) is 4.49. The number of hydrogen-bond donors (Lipinski definition) is 1. The van der Waals surface area contributed by atoms with Crippen LogP contribution in [0, 0.1) is 13.8 Å². The number of benzene rings is 2. The van der Waals surface area contributed by atoms with Crippen LogP contribution < -0.4 is 14.8 Å². The molecule has 1 aliphatic rings. The molecule has 2 aromatic heterocycles. The number of nitrogens with one attached hydrogen (secondary N) is 1. The number of ether oxygens (including phenoxy) is 2. The molecule has 2 aromatic carbocycles. The highest BCUT2D eigenvalue weighted by molar-refractivity contribution is 6.13. The van der Waals surface area contributed by atoms with Crippen molar-refractivity contribution in [3.63, 3.8) is 0 Å². The van der Waals surface area contributed by atoms with Gasteiger partial charge in [0.25, 0.3) is 11.6 Å². The molecule has 1 aliphatic heterocycles. The van der Waals surface area contributed by atoms with Crippen molar-refractivity contribution < 1.29 is 18.8 Å². The molecule has 0 unspecified atom stereocenters. The van der Waals surface area contributed by atoms with Gasteiger partial charge in [0.05, 0.1) is 22.3 Å². The number of amides is 1. The molecule has 0 spiro atoms. The third kappa shape index (κ3) is 3.06. The SMILES string of the molecule is Cc1ccc(-c2cc(C(=O)Nc3ccc4c(c3)OCO4)c3c(C)noc3n2)cc1. The van der Waals surface area contributed by atoms with Crippen LogP contribution >= 0.6 is 0 Å². The highest BCUT2D eigenvalue weighted by Crippen LogP contribution is 2.35. The van der Waals surface area contributed by atoms with Crippen molar-refractivity contribution in [1.82, 2.24) is 10.1 Å². The Labute approximate surface area is 166 Å². The number of carbonyl (C=O) groups excluding carboxylic acids is 1. The molecule has 0 atom stereocenters. The number of fused-ring (bicyclic) bond motifs is 2. The van der Waals surface area contributed by atoms with E-state index in [1.54, 1.807) is 31.2 Å². The minimum Gasteiger partial charge on any atom is -0.454 e. The van der Waals surface area contributed by atoms with Crippen molar-refractivity contribution in [1.29, 1.82) is 0 Å². The minimum atomic E-state index is -0.282. The average molecular weight is 387 g/mol. The molecule has 29 heavy (non-hydrogen) atoms. The number of rotatable bonds is 3. The molecule has 0 fully saturated rings. The molecule has 1 amide bonds. The maximum Gasteiger partial charge on any atom is 0.259 e. The predicted molar refractivity (Wildman–Crippen MR) is 107 cm³/mol. The quantitative estimate of drug-likeness (QED) is 0.557. The Kier molecular flexibility index (Phi) is 3.94. The molecule has 0 radical (unpaired) electrons. The smallest absolute Gasteiger partial charge is 0.259 e. The van der Waals surface area contributed by atoms with E-state index in [0.717, 1.165) is 11.1 Å². The van der Waals surface area contributed by atoms with Gasteiger partial charge in [0.1, 0.15) is 0 Å². The number of anilines is 1. The summed E-state index contributed by atoms with van der Waals surface area (Å²) >= 11 is 0. The lowest BCUT2D eigenvalue weighted by molar-refractivity contribution is 0.102. The summed E-state index contributed by atoms with van der Waals surface area (Å²) in [5.74, 6) is 0.978. The first-order valence-electron chi connectivity index (χ1n) is 9.13. The van der Waals surface area contributed by atoms with Crippen molar-refractivity contribution in [2.45, 2.75) is 13.8 Å². The molecule has 5 rings (SSSR count). The summed E-state index contributed by atoms with van der Waals surface area (Å²) in [6, 6.07) is 15.0. The lowest BCUT2D eigenvalue weighted by Gasteiger charge is -2.09. The monoisotopic (exact) mass is 387 g/mol. The molecule has 3 heterocycles. The fraction of sp³-hybridized carbons (Fsp3) is 0.136. The van der Waals surface area contributed by atoms with Gasteiger partial charge in [0.15, 0.2) is 11.5 Å². The topological polar surface area (TPSA) is 86.5 Å². The van der Waals surface area contributed by atoms with Gasteiger partial charge in [-0.15, -0.1) is 0 Å². The first-order valence-corrected chi connectivity index (χ1v) is 9.13. The van der Waals surface area contributed by atoms with Crippen LogP contribution in [-0.2, 0) is 0 Å². The molecule has 7 heteroatoms. The summed E-state index contributed by atoms with van der Waals surface area (Å²) in [5, 5.41) is 7.50. The Bertz CT molecular complexity index is 1250. The molecule has 1 N–H and O–H groups in total. The molecule has 144 valence electrons. The number of carbonyl (C=O) groups is 1. The summed E-state index contributed by atoms with van der Waals surface area (Å²) in [4.78, 5) is 17.7. The Morgan fingerprint density at radius 3 is 2.62 bits per heavy atom. The van der Waals surface area contributed by atoms with E-state index in [-0.39, 0.29) is 12.7 Å². The zero-order chi connectivity index (χ0) is 20.0. The third-order valence-electron chi connectivity index (χ3n) is 4.84. The second-order valence-corrected chi connectivity index (χ2v) is 6.89. The van der Waals surface area contributed by atoms with Gasteiger partial charge in [-0.1, -0.05) is 35.0 Å². The van der Waals surface area contributed by atoms with Gasteiger partial charge in [-0.05, 0) is 32.0 Å². The molecule has 0 bridgehead atoms. The maximum atomic E-state index is 13.1. The van der Waals surface area contributed by atoms with Crippen LogP contribution in [0.3, 0.4) is 0 Å². The number of nitrogens with zero attached hydrogens (tertiary/aromatic N) is 2. The van der Waals surface area contributed by atoms with Crippen LogP contribution in [0.4, 0.5) is 5.69 Å². The normalized spacial score (nSPS) is 12.3. The molecule has 0 aliphatic carbocycles. The largest absolute Gasteiger partial charge is 0.454 e. The number of hydrogen-bond acceptors (Lipinski definition) is 6.